The molecule has 22 heavy (non-hydrogen) atoms. The van der Waals surface area contributed by atoms with E-state index in [0.717, 1.165) is 18.5 Å². The fourth-order valence-electron chi connectivity index (χ4n) is 3.04. The molecule has 0 aliphatic heterocycles. The summed E-state index contributed by atoms with van der Waals surface area (Å²) in [5, 5.41) is 8.81. The highest BCUT2D eigenvalue weighted by atomic mass is 35.5. The van der Waals surface area contributed by atoms with E-state index in [-0.39, 0.29) is 17.0 Å². The van der Waals surface area contributed by atoms with Gasteiger partial charge in [0.2, 0.25) is 5.28 Å². The summed E-state index contributed by atoms with van der Waals surface area (Å²) in [7, 11) is 0. The molecule has 0 spiro atoms. The summed E-state index contributed by atoms with van der Waals surface area (Å²) in [5.74, 6) is -0.185. The van der Waals surface area contributed by atoms with Gasteiger partial charge < -0.3 is 10.8 Å². The van der Waals surface area contributed by atoms with Gasteiger partial charge in [-0.25, -0.2) is 9.37 Å². The number of carboxylic acids is 1. The number of nitrogen functional groups attached to an aromatic ring is 1. The van der Waals surface area contributed by atoms with Crippen molar-refractivity contribution in [3.8, 4) is 0 Å². The lowest BCUT2D eigenvalue weighted by Gasteiger charge is -2.40. The molecule has 0 amide bonds. The van der Waals surface area contributed by atoms with Crippen molar-refractivity contribution in [2.45, 2.75) is 46.0 Å². The van der Waals surface area contributed by atoms with Crippen LogP contribution in [0, 0.1) is 23.6 Å². The van der Waals surface area contributed by atoms with Crippen molar-refractivity contribution in [3.05, 3.63) is 17.3 Å². The van der Waals surface area contributed by atoms with Crippen LogP contribution in [-0.4, -0.2) is 21.0 Å². The van der Waals surface area contributed by atoms with Gasteiger partial charge in [-0.3, -0.25) is 4.79 Å². The first kappa shape index (κ1) is 18.6. The average molecular weight is 332 g/mol. The van der Waals surface area contributed by atoms with Gasteiger partial charge in [0, 0.05) is 0 Å². The lowest BCUT2D eigenvalue weighted by atomic mass is 9.65. The Morgan fingerprint density at radius 3 is 2.27 bits per heavy atom. The molecule has 3 aliphatic rings. The van der Waals surface area contributed by atoms with Crippen molar-refractivity contribution in [1.82, 2.24) is 9.97 Å². The largest absolute Gasteiger partial charge is 0.481 e. The second-order valence-electron chi connectivity index (χ2n) is 5.33. The minimum Gasteiger partial charge on any atom is -0.481 e. The zero-order valence-electron chi connectivity index (χ0n) is 12.9. The van der Waals surface area contributed by atoms with Crippen LogP contribution in [0.25, 0.3) is 0 Å². The summed E-state index contributed by atoms with van der Waals surface area (Å²) in [4.78, 5) is 17.4. The second-order valence-corrected chi connectivity index (χ2v) is 5.67. The number of aliphatic carboxylic acids is 1. The Kier molecular flexibility index (Phi) is 7.51. The Balaban J connectivity index is 0.000000202. The first-order valence-corrected chi connectivity index (χ1v) is 8.01. The number of hydrogen-bond acceptors (Lipinski definition) is 4. The van der Waals surface area contributed by atoms with Crippen LogP contribution >= 0.6 is 11.6 Å². The summed E-state index contributed by atoms with van der Waals surface area (Å²) in [6, 6.07) is 0. The predicted molar refractivity (Wildman–Crippen MR) is 84.0 cm³/mol. The highest BCUT2D eigenvalue weighted by Crippen LogP contribution is 2.44. The van der Waals surface area contributed by atoms with Crippen LogP contribution in [0.4, 0.5) is 10.2 Å². The van der Waals surface area contributed by atoms with E-state index in [4.69, 9.17) is 22.4 Å². The quantitative estimate of drug-likeness (QED) is 0.764. The van der Waals surface area contributed by atoms with Crippen molar-refractivity contribution in [2.24, 2.45) is 17.8 Å². The molecule has 1 aromatic rings. The van der Waals surface area contributed by atoms with E-state index in [1.54, 1.807) is 0 Å². The third-order valence-corrected chi connectivity index (χ3v) is 4.29. The number of halogens is 2. The lowest BCUT2D eigenvalue weighted by Crippen LogP contribution is -2.35. The molecule has 3 aliphatic carbocycles. The van der Waals surface area contributed by atoms with E-state index in [1.165, 1.54) is 25.7 Å². The van der Waals surface area contributed by atoms with Gasteiger partial charge in [-0.2, -0.15) is 4.98 Å². The number of rotatable bonds is 1. The molecular formula is C15H23ClFN3O2. The SMILES string of the molecule is CC.Nc1nc(Cl)ncc1F.O=C(O)C1CC2CCC1CC2. The Bertz CT molecular complexity index is 494. The standard InChI is InChI=1S/C9H14O2.C4H3ClFN3.C2H6/c10-9(11)8-5-6-1-3-7(8)4-2-6;5-4-8-1-2(6)3(7)9-4;1-2/h6-8H,1-5H2,(H,10,11);1H,(H2,7,8,9);1-2H3. The van der Waals surface area contributed by atoms with Gasteiger partial charge in [0.05, 0.1) is 12.1 Å². The third-order valence-electron chi connectivity index (χ3n) is 4.11. The normalized spacial score (nSPS) is 25.4. The van der Waals surface area contributed by atoms with Gasteiger partial charge in [0.1, 0.15) is 0 Å². The molecule has 4 rings (SSSR count). The third kappa shape index (κ3) is 5.09. The Labute approximate surface area is 135 Å². The van der Waals surface area contributed by atoms with Crippen LogP contribution in [0.15, 0.2) is 6.20 Å². The number of nitrogens with two attached hydrogens (primary N) is 1. The number of fused-ring (bicyclic) bond motifs is 3. The number of carboxylic acid groups (broad SMARTS) is 1. The summed E-state index contributed by atoms with van der Waals surface area (Å²) >= 11 is 5.25. The number of anilines is 1. The summed E-state index contributed by atoms with van der Waals surface area (Å²) in [6.45, 7) is 4.00. The van der Waals surface area contributed by atoms with E-state index in [2.05, 4.69) is 9.97 Å². The monoisotopic (exact) mass is 331 g/mol. The molecule has 2 bridgehead atoms. The lowest BCUT2D eigenvalue weighted by molar-refractivity contribution is -0.147. The molecule has 0 aromatic carbocycles. The molecular weight excluding hydrogens is 309 g/mol. The number of aromatic nitrogens is 2. The van der Waals surface area contributed by atoms with E-state index in [1.807, 2.05) is 13.8 Å². The van der Waals surface area contributed by atoms with Gasteiger partial charge in [-0.05, 0) is 42.7 Å². The van der Waals surface area contributed by atoms with Crippen molar-refractivity contribution in [3.63, 3.8) is 0 Å². The Morgan fingerprint density at radius 2 is 1.95 bits per heavy atom. The molecule has 7 heteroatoms. The summed E-state index contributed by atoms with van der Waals surface area (Å²) in [5.41, 5.74) is 5.01. The van der Waals surface area contributed by atoms with Crippen LogP contribution in [0.1, 0.15) is 46.0 Å². The fraction of sp³-hybridized carbons (Fsp3) is 0.667. The van der Waals surface area contributed by atoms with Crippen LogP contribution in [0.5, 0.6) is 0 Å². The first-order chi connectivity index (χ1) is 10.5. The van der Waals surface area contributed by atoms with E-state index in [0.29, 0.717) is 5.92 Å². The number of hydrogen-bond donors (Lipinski definition) is 2. The molecule has 3 fully saturated rings. The number of carbonyl (C=O) groups is 1. The molecule has 1 unspecified atom stereocenters. The molecule has 3 saturated carbocycles. The fourth-order valence-corrected chi connectivity index (χ4v) is 3.18. The first-order valence-electron chi connectivity index (χ1n) is 7.63. The maximum Gasteiger partial charge on any atom is 0.306 e. The van der Waals surface area contributed by atoms with E-state index in [9.17, 15) is 9.18 Å². The zero-order valence-corrected chi connectivity index (χ0v) is 13.7. The maximum absolute atomic E-state index is 12.2. The van der Waals surface area contributed by atoms with Gasteiger partial charge in [-0.15, -0.1) is 0 Å². The summed E-state index contributed by atoms with van der Waals surface area (Å²) in [6.07, 6.45) is 6.79. The van der Waals surface area contributed by atoms with Gasteiger partial charge >= 0.3 is 5.97 Å². The smallest absolute Gasteiger partial charge is 0.306 e. The van der Waals surface area contributed by atoms with Crippen LogP contribution in [0.3, 0.4) is 0 Å². The van der Waals surface area contributed by atoms with E-state index < -0.39 is 11.8 Å². The molecule has 0 saturated heterocycles. The number of nitrogens with zero attached hydrogens (tertiary/aromatic N) is 2. The van der Waals surface area contributed by atoms with Gasteiger partial charge in [0.15, 0.2) is 11.6 Å². The zero-order chi connectivity index (χ0) is 16.7. The van der Waals surface area contributed by atoms with Crippen molar-refractivity contribution in [2.75, 3.05) is 5.73 Å². The molecule has 1 heterocycles. The van der Waals surface area contributed by atoms with Crippen molar-refractivity contribution < 1.29 is 14.3 Å². The average Bonchev–Trinajstić information content (AvgIpc) is 2.55. The maximum atomic E-state index is 12.2. The minimum atomic E-state index is -0.653. The van der Waals surface area contributed by atoms with Gasteiger partial charge in [0.25, 0.3) is 0 Å². The van der Waals surface area contributed by atoms with Crippen molar-refractivity contribution in [1.29, 1.82) is 0 Å². The highest BCUT2D eigenvalue weighted by molar-refractivity contribution is 6.28. The predicted octanol–water partition coefficient (Wildman–Crippen LogP) is 3.77. The van der Waals surface area contributed by atoms with Crippen molar-refractivity contribution >= 4 is 23.4 Å². The topological polar surface area (TPSA) is 89.1 Å². The summed E-state index contributed by atoms with van der Waals surface area (Å²) < 4.78 is 12.2. The highest BCUT2D eigenvalue weighted by Gasteiger charge is 2.39. The van der Waals surface area contributed by atoms with Crippen LogP contribution < -0.4 is 5.73 Å². The Morgan fingerprint density at radius 1 is 1.36 bits per heavy atom. The molecule has 1 atom stereocenters. The van der Waals surface area contributed by atoms with Gasteiger partial charge in [-0.1, -0.05) is 26.7 Å². The Hall–Kier alpha value is -1.43. The second kappa shape index (κ2) is 8.88. The molecule has 3 N–H and O–H groups in total. The van der Waals surface area contributed by atoms with Crippen LogP contribution in [0.2, 0.25) is 5.28 Å². The van der Waals surface area contributed by atoms with E-state index >= 15 is 0 Å². The molecule has 0 radical (unpaired) electrons. The van der Waals surface area contributed by atoms with Crippen LogP contribution in [-0.2, 0) is 4.79 Å². The minimum absolute atomic E-state index is 0.00231. The molecule has 5 nitrogen and oxygen atoms in total. The molecule has 1 aromatic heterocycles. The molecule has 124 valence electrons.